The maximum atomic E-state index is 12.6. The fraction of sp³-hybridized carbons (Fsp3) is 0.238. The van der Waals surface area contributed by atoms with Crippen LogP contribution in [0, 0.1) is 0 Å². The maximum Gasteiger partial charge on any atom is 0.408 e. The molecule has 0 spiro atoms. The summed E-state index contributed by atoms with van der Waals surface area (Å²) < 4.78 is 10.3. The molecular formula is C21H20N2O6. The van der Waals surface area contributed by atoms with Gasteiger partial charge >= 0.3 is 12.1 Å². The van der Waals surface area contributed by atoms with E-state index < -0.39 is 36.0 Å². The SMILES string of the molecule is O=C1CC(OC(=O)[C@H](Cc2ccccc2)NC(=O)OCc2ccccc2)C(=O)N1. The first-order valence-corrected chi connectivity index (χ1v) is 9.06. The largest absolute Gasteiger partial charge is 0.450 e. The summed E-state index contributed by atoms with van der Waals surface area (Å²) in [6.45, 7) is 0.0410. The zero-order valence-electron chi connectivity index (χ0n) is 15.5. The second kappa shape index (κ2) is 9.50. The Morgan fingerprint density at radius 3 is 2.21 bits per heavy atom. The van der Waals surface area contributed by atoms with Gasteiger partial charge in [-0.25, -0.2) is 9.59 Å². The first-order valence-electron chi connectivity index (χ1n) is 9.06. The number of esters is 1. The molecule has 1 aliphatic heterocycles. The van der Waals surface area contributed by atoms with Crippen LogP contribution in [0.2, 0.25) is 0 Å². The van der Waals surface area contributed by atoms with Crippen molar-refractivity contribution in [2.75, 3.05) is 0 Å². The number of hydrogen-bond donors (Lipinski definition) is 2. The molecule has 0 saturated carbocycles. The smallest absolute Gasteiger partial charge is 0.408 e. The van der Waals surface area contributed by atoms with Crippen molar-refractivity contribution in [1.29, 1.82) is 0 Å². The van der Waals surface area contributed by atoms with Crippen molar-refractivity contribution in [3.05, 3.63) is 71.8 Å². The summed E-state index contributed by atoms with van der Waals surface area (Å²) in [4.78, 5) is 47.7. The number of amides is 3. The van der Waals surface area contributed by atoms with Gasteiger partial charge in [0, 0.05) is 6.42 Å². The van der Waals surface area contributed by atoms with E-state index in [9.17, 15) is 19.2 Å². The van der Waals surface area contributed by atoms with E-state index in [1.807, 2.05) is 24.3 Å². The van der Waals surface area contributed by atoms with Gasteiger partial charge in [0.05, 0.1) is 6.42 Å². The number of nitrogens with one attached hydrogen (secondary N) is 2. The Balaban J connectivity index is 1.63. The summed E-state index contributed by atoms with van der Waals surface area (Å²) in [6.07, 6.45) is -2.09. The van der Waals surface area contributed by atoms with Crippen molar-refractivity contribution in [2.45, 2.75) is 31.6 Å². The Morgan fingerprint density at radius 1 is 1.00 bits per heavy atom. The van der Waals surface area contributed by atoms with Crippen LogP contribution in [0.15, 0.2) is 60.7 Å². The van der Waals surface area contributed by atoms with Crippen LogP contribution >= 0.6 is 0 Å². The number of hydrogen-bond acceptors (Lipinski definition) is 6. The standard InChI is InChI=1S/C21H20N2O6/c24-18-12-17(19(25)23-18)29-20(26)16(11-14-7-3-1-4-8-14)22-21(27)28-13-15-9-5-2-6-10-15/h1-10,16-17H,11-13H2,(H,22,27)(H,23,24,25)/t16-,17?/m0/s1. The van der Waals surface area contributed by atoms with E-state index in [2.05, 4.69) is 10.6 Å². The number of carbonyl (C=O) groups is 4. The number of alkyl carbamates (subject to hydrolysis) is 1. The Bertz CT molecular complexity index is 885. The molecule has 1 heterocycles. The van der Waals surface area contributed by atoms with E-state index in [4.69, 9.17) is 9.47 Å². The summed E-state index contributed by atoms with van der Waals surface area (Å²) >= 11 is 0. The number of carbonyl (C=O) groups excluding carboxylic acids is 4. The third-order valence-electron chi connectivity index (χ3n) is 4.26. The van der Waals surface area contributed by atoms with E-state index in [1.54, 1.807) is 36.4 Å². The highest BCUT2D eigenvalue weighted by atomic mass is 16.6. The molecule has 0 aliphatic carbocycles. The Labute approximate surface area is 167 Å². The van der Waals surface area contributed by atoms with Gasteiger partial charge < -0.3 is 14.8 Å². The van der Waals surface area contributed by atoms with Gasteiger partial charge in [-0.05, 0) is 11.1 Å². The molecule has 3 rings (SSSR count). The molecule has 0 aromatic heterocycles. The number of rotatable bonds is 7. The summed E-state index contributed by atoms with van der Waals surface area (Å²) in [6, 6.07) is 17.0. The molecule has 8 nitrogen and oxygen atoms in total. The van der Waals surface area contributed by atoms with Crippen LogP contribution in [0.25, 0.3) is 0 Å². The molecule has 2 aromatic rings. The molecular weight excluding hydrogens is 376 g/mol. The normalized spacial score (nSPS) is 16.6. The lowest BCUT2D eigenvalue weighted by molar-refractivity contribution is -0.156. The monoisotopic (exact) mass is 396 g/mol. The van der Waals surface area contributed by atoms with Crippen LogP contribution in [-0.2, 0) is 36.9 Å². The average Bonchev–Trinajstić information content (AvgIpc) is 3.04. The zero-order chi connectivity index (χ0) is 20.6. The van der Waals surface area contributed by atoms with Crippen molar-refractivity contribution >= 4 is 23.9 Å². The van der Waals surface area contributed by atoms with Crippen molar-refractivity contribution < 1.29 is 28.7 Å². The highest BCUT2D eigenvalue weighted by molar-refractivity contribution is 6.05. The number of imide groups is 1. The maximum absolute atomic E-state index is 12.6. The second-order valence-corrected chi connectivity index (χ2v) is 6.49. The topological polar surface area (TPSA) is 111 Å². The van der Waals surface area contributed by atoms with Crippen LogP contribution < -0.4 is 10.6 Å². The lowest BCUT2D eigenvalue weighted by Crippen LogP contribution is -2.45. The van der Waals surface area contributed by atoms with Gasteiger partial charge in [-0.1, -0.05) is 60.7 Å². The molecule has 2 aromatic carbocycles. The summed E-state index contributed by atoms with van der Waals surface area (Å²) in [5, 5.41) is 4.56. The van der Waals surface area contributed by atoms with Gasteiger partial charge in [0.15, 0.2) is 6.10 Å². The highest BCUT2D eigenvalue weighted by Gasteiger charge is 2.36. The second-order valence-electron chi connectivity index (χ2n) is 6.49. The van der Waals surface area contributed by atoms with E-state index in [0.29, 0.717) is 0 Å². The van der Waals surface area contributed by atoms with Crippen molar-refractivity contribution in [3.8, 4) is 0 Å². The lowest BCUT2D eigenvalue weighted by atomic mass is 10.1. The van der Waals surface area contributed by atoms with Gasteiger partial charge in [-0.2, -0.15) is 0 Å². The van der Waals surface area contributed by atoms with Gasteiger partial charge in [0.2, 0.25) is 5.91 Å². The predicted octanol–water partition coefficient (Wildman–Crippen LogP) is 1.48. The van der Waals surface area contributed by atoms with E-state index in [1.165, 1.54) is 0 Å². The third-order valence-corrected chi connectivity index (χ3v) is 4.26. The van der Waals surface area contributed by atoms with E-state index in [-0.39, 0.29) is 19.4 Å². The molecule has 0 bridgehead atoms. The summed E-state index contributed by atoms with van der Waals surface area (Å²) in [5.41, 5.74) is 1.58. The average molecular weight is 396 g/mol. The molecule has 29 heavy (non-hydrogen) atoms. The summed E-state index contributed by atoms with van der Waals surface area (Å²) in [5.74, 6) is -2.00. The van der Waals surface area contributed by atoms with Gasteiger partial charge in [-0.15, -0.1) is 0 Å². The van der Waals surface area contributed by atoms with E-state index in [0.717, 1.165) is 11.1 Å². The first-order chi connectivity index (χ1) is 14.0. The summed E-state index contributed by atoms with van der Waals surface area (Å²) in [7, 11) is 0. The third kappa shape index (κ3) is 5.90. The molecule has 2 atom stereocenters. The van der Waals surface area contributed by atoms with Crippen molar-refractivity contribution in [3.63, 3.8) is 0 Å². The highest BCUT2D eigenvalue weighted by Crippen LogP contribution is 2.11. The minimum atomic E-state index is -1.20. The lowest BCUT2D eigenvalue weighted by Gasteiger charge is -2.19. The van der Waals surface area contributed by atoms with Crippen molar-refractivity contribution in [1.82, 2.24) is 10.6 Å². The van der Waals surface area contributed by atoms with Gasteiger partial charge in [-0.3, -0.25) is 14.9 Å². The van der Waals surface area contributed by atoms with E-state index >= 15 is 0 Å². The van der Waals surface area contributed by atoms with Crippen LogP contribution in [0.3, 0.4) is 0 Å². The van der Waals surface area contributed by atoms with Crippen LogP contribution in [0.5, 0.6) is 0 Å². The molecule has 2 N–H and O–H groups in total. The Kier molecular flexibility index (Phi) is 6.57. The van der Waals surface area contributed by atoms with Gasteiger partial charge in [0.1, 0.15) is 12.6 Å². The number of ether oxygens (including phenoxy) is 2. The molecule has 150 valence electrons. The molecule has 8 heteroatoms. The van der Waals surface area contributed by atoms with Crippen LogP contribution in [-0.4, -0.2) is 36.0 Å². The van der Waals surface area contributed by atoms with Crippen molar-refractivity contribution in [2.24, 2.45) is 0 Å². The fourth-order valence-electron chi connectivity index (χ4n) is 2.80. The molecule has 0 radical (unpaired) electrons. The number of benzene rings is 2. The van der Waals surface area contributed by atoms with Crippen LogP contribution in [0.4, 0.5) is 4.79 Å². The van der Waals surface area contributed by atoms with Gasteiger partial charge in [0.25, 0.3) is 5.91 Å². The molecule has 3 amide bonds. The molecule has 1 unspecified atom stereocenters. The quantitative estimate of drug-likeness (QED) is 0.542. The predicted molar refractivity (Wildman–Crippen MR) is 101 cm³/mol. The molecule has 1 saturated heterocycles. The minimum absolute atomic E-state index is 0.0410. The zero-order valence-corrected chi connectivity index (χ0v) is 15.5. The minimum Gasteiger partial charge on any atom is -0.450 e. The first kappa shape index (κ1) is 20.1. The molecule has 1 aliphatic rings. The van der Waals surface area contributed by atoms with Crippen LogP contribution in [0.1, 0.15) is 17.5 Å². The Morgan fingerprint density at radius 2 is 1.62 bits per heavy atom. The Hall–Kier alpha value is -3.68. The fourth-order valence-corrected chi connectivity index (χ4v) is 2.80. The molecule has 1 fully saturated rings.